The third-order valence-corrected chi connectivity index (χ3v) is 4.33. The Hall–Kier alpha value is -2.77. The van der Waals surface area contributed by atoms with Gasteiger partial charge in [0, 0.05) is 31.1 Å². The van der Waals surface area contributed by atoms with Gasteiger partial charge in [0.2, 0.25) is 0 Å². The summed E-state index contributed by atoms with van der Waals surface area (Å²) < 4.78 is 20.8. The molecule has 1 unspecified atom stereocenters. The summed E-state index contributed by atoms with van der Waals surface area (Å²) in [5.74, 6) is 2.29. The number of methoxy groups -OCH3 is 4. The lowest BCUT2D eigenvalue weighted by molar-refractivity contribution is 0.0979. The second kappa shape index (κ2) is 10.5. The van der Waals surface area contributed by atoms with Crippen molar-refractivity contribution in [3.63, 3.8) is 0 Å². The zero-order valence-electron chi connectivity index (χ0n) is 16.7. The van der Waals surface area contributed by atoms with Gasteiger partial charge in [-0.25, -0.2) is 0 Å². The maximum atomic E-state index is 12.4. The number of ether oxygens (including phenoxy) is 4. The molecule has 152 valence electrons. The van der Waals surface area contributed by atoms with Crippen LogP contribution in [-0.4, -0.2) is 52.4 Å². The van der Waals surface area contributed by atoms with Gasteiger partial charge in [-0.2, -0.15) is 0 Å². The van der Waals surface area contributed by atoms with Crippen molar-refractivity contribution >= 4 is 5.78 Å². The molecule has 0 radical (unpaired) electrons. The average molecular weight is 389 g/mol. The van der Waals surface area contributed by atoms with Crippen LogP contribution in [0.5, 0.6) is 23.0 Å². The third-order valence-electron chi connectivity index (χ3n) is 4.33. The fourth-order valence-corrected chi connectivity index (χ4v) is 2.73. The van der Waals surface area contributed by atoms with Crippen molar-refractivity contribution in [3.8, 4) is 23.0 Å². The normalized spacial score (nSPS) is 11.6. The third kappa shape index (κ3) is 5.61. The van der Waals surface area contributed by atoms with Crippen LogP contribution in [0.3, 0.4) is 0 Å². The van der Waals surface area contributed by atoms with E-state index in [2.05, 4.69) is 5.32 Å². The van der Waals surface area contributed by atoms with E-state index in [1.807, 2.05) is 0 Å². The van der Waals surface area contributed by atoms with Crippen LogP contribution in [0.1, 0.15) is 28.4 Å². The standard InChI is InChI=1S/C21H27NO6/c1-25-16-9-15(10-17(12-16)26-2)19(24)13-22-8-7-18(23)14-5-6-20(27-3)21(11-14)28-4/h5-6,9-12,19,22,24H,7-8,13H2,1-4H3. The molecule has 2 rings (SSSR count). The second-order valence-electron chi connectivity index (χ2n) is 6.11. The van der Waals surface area contributed by atoms with Gasteiger partial charge >= 0.3 is 0 Å². The van der Waals surface area contributed by atoms with E-state index in [1.165, 1.54) is 7.11 Å². The van der Waals surface area contributed by atoms with E-state index in [0.717, 1.165) is 0 Å². The summed E-state index contributed by atoms with van der Waals surface area (Å²) in [4.78, 5) is 12.4. The Morgan fingerprint density at radius 3 is 2.14 bits per heavy atom. The molecule has 0 spiro atoms. The summed E-state index contributed by atoms with van der Waals surface area (Å²) in [6, 6.07) is 10.3. The number of rotatable bonds is 11. The van der Waals surface area contributed by atoms with Gasteiger partial charge in [0.05, 0.1) is 34.5 Å². The molecule has 0 saturated carbocycles. The van der Waals surface area contributed by atoms with Crippen LogP contribution in [0.25, 0.3) is 0 Å². The largest absolute Gasteiger partial charge is 0.497 e. The number of Topliss-reactive ketones (excluding diaryl/α,β-unsaturated/α-hetero) is 1. The van der Waals surface area contributed by atoms with Gasteiger partial charge in [-0.05, 0) is 35.9 Å². The molecule has 28 heavy (non-hydrogen) atoms. The van der Waals surface area contributed by atoms with Crippen molar-refractivity contribution in [1.29, 1.82) is 0 Å². The molecule has 0 aromatic heterocycles. The molecular weight excluding hydrogens is 362 g/mol. The van der Waals surface area contributed by atoms with Crippen LogP contribution in [0, 0.1) is 0 Å². The fourth-order valence-electron chi connectivity index (χ4n) is 2.73. The minimum Gasteiger partial charge on any atom is -0.497 e. The number of benzene rings is 2. The van der Waals surface area contributed by atoms with Crippen molar-refractivity contribution < 1.29 is 28.8 Å². The molecule has 7 heteroatoms. The van der Waals surface area contributed by atoms with E-state index in [4.69, 9.17) is 18.9 Å². The summed E-state index contributed by atoms with van der Waals surface area (Å²) in [5, 5.41) is 13.5. The number of nitrogens with one attached hydrogen (secondary N) is 1. The smallest absolute Gasteiger partial charge is 0.164 e. The fraction of sp³-hybridized carbons (Fsp3) is 0.381. The molecular formula is C21H27NO6. The number of hydrogen-bond donors (Lipinski definition) is 2. The summed E-state index contributed by atoms with van der Waals surface area (Å²) in [7, 11) is 6.20. The lowest BCUT2D eigenvalue weighted by atomic mass is 10.1. The van der Waals surface area contributed by atoms with Gasteiger partial charge in [0.15, 0.2) is 17.3 Å². The first kappa shape index (κ1) is 21.5. The van der Waals surface area contributed by atoms with E-state index in [0.29, 0.717) is 53.6 Å². The Bertz CT molecular complexity index is 770. The van der Waals surface area contributed by atoms with Crippen molar-refractivity contribution in [2.24, 2.45) is 0 Å². The molecule has 7 nitrogen and oxygen atoms in total. The highest BCUT2D eigenvalue weighted by Gasteiger charge is 2.13. The molecule has 1 atom stereocenters. The Kier molecular flexibility index (Phi) is 8.10. The monoisotopic (exact) mass is 389 g/mol. The van der Waals surface area contributed by atoms with Crippen molar-refractivity contribution in [2.45, 2.75) is 12.5 Å². The molecule has 2 aromatic carbocycles. The molecule has 0 aliphatic carbocycles. The first-order valence-electron chi connectivity index (χ1n) is 8.89. The van der Waals surface area contributed by atoms with Crippen LogP contribution in [0.4, 0.5) is 0 Å². The van der Waals surface area contributed by atoms with Gasteiger partial charge in [0.25, 0.3) is 0 Å². The predicted octanol–water partition coefficient (Wildman–Crippen LogP) is 2.62. The topological polar surface area (TPSA) is 86.2 Å². The number of carbonyl (C=O) groups excluding carboxylic acids is 1. The van der Waals surface area contributed by atoms with Crippen molar-refractivity contribution in [1.82, 2.24) is 5.32 Å². The van der Waals surface area contributed by atoms with Gasteiger partial charge in [0.1, 0.15) is 11.5 Å². The number of carbonyl (C=O) groups is 1. The first-order chi connectivity index (χ1) is 13.5. The van der Waals surface area contributed by atoms with E-state index in [-0.39, 0.29) is 5.78 Å². The maximum absolute atomic E-state index is 12.4. The molecule has 0 aliphatic heterocycles. The molecule has 0 amide bonds. The maximum Gasteiger partial charge on any atom is 0.164 e. The second-order valence-corrected chi connectivity index (χ2v) is 6.11. The first-order valence-corrected chi connectivity index (χ1v) is 8.89. The van der Waals surface area contributed by atoms with Gasteiger partial charge in [-0.3, -0.25) is 4.79 Å². The molecule has 0 fully saturated rings. The Morgan fingerprint density at radius 2 is 1.57 bits per heavy atom. The summed E-state index contributed by atoms with van der Waals surface area (Å²) in [6.45, 7) is 0.737. The highest BCUT2D eigenvalue weighted by Crippen LogP contribution is 2.28. The quantitative estimate of drug-likeness (QED) is 0.451. The van der Waals surface area contributed by atoms with Crippen LogP contribution in [-0.2, 0) is 0 Å². The molecule has 0 aliphatic rings. The van der Waals surface area contributed by atoms with Crippen LogP contribution in [0.15, 0.2) is 36.4 Å². The van der Waals surface area contributed by atoms with Crippen LogP contribution in [0.2, 0.25) is 0 Å². The summed E-state index contributed by atoms with van der Waals surface area (Å²) in [6.07, 6.45) is -0.455. The van der Waals surface area contributed by atoms with E-state index in [9.17, 15) is 9.90 Å². The van der Waals surface area contributed by atoms with Gasteiger partial charge < -0.3 is 29.4 Å². The highest BCUT2D eigenvalue weighted by molar-refractivity contribution is 5.96. The predicted molar refractivity (Wildman–Crippen MR) is 106 cm³/mol. The summed E-state index contributed by atoms with van der Waals surface area (Å²) >= 11 is 0. The minimum absolute atomic E-state index is 0.0222. The molecule has 0 bridgehead atoms. The number of aliphatic hydroxyl groups is 1. The van der Waals surface area contributed by atoms with Crippen LogP contribution < -0.4 is 24.3 Å². The zero-order chi connectivity index (χ0) is 20.5. The number of ketones is 1. The van der Waals surface area contributed by atoms with E-state index >= 15 is 0 Å². The lowest BCUT2D eigenvalue weighted by Crippen LogP contribution is -2.24. The average Bonchev–Trinajstić information content (AvgIpc) is 2.75. The Labute approximate surface area is 165 Å². The molecule has 0 saturated heterocycles. The molecule has 0 heterocycles. The van der Waals surface area contributed by atoms with Crippen molar-refractivity contribution in [3.05, 3.63) is 47.5 Å². The Morgan fingerprint density at radius 1 is 0.929 bits per heavy atom. The zero-order valence-corrected chi connectivity index (χ0v) is 16.7. The van der Waals surface area contributed by atoms with Crippen LogP contribution >= 0.6 is 0 Å². The number of hydrogen-bond acceptors (Lipinski definition) is 7. The number of aliphatic hydroxyl groups excluding tert-OH is 1. The SMILES string of the molecule is COc1cc(OC)cc(C(O)CNCCC(=O)c2ccc(OC)c(OC)c2)c1. The van der Waals surface area contributed by atoms with Gasteiger partial charge in [-0.15, -0.1) is 0 Å². The lowest BCUT2D eigenvalue weighted by Gasteiger charge is -2.15. The summed E-state index contributed by atoms with van der Waals surface area (Å²) in [5.41, 5.74) is 1.23. The minimum atomic E-state index is -0.750. The highest BCUT2D eigenvalue weighted by atomic mass is 16.5. The Balaban J connectivity index is 1.87. The van der Waals surface area contributed by atoms with Crippen molar-refractivity contribution in [2.75, 3.05) is 41.5 Å². The van der Waals surface area contributed by atoms with E-state index < -0.39 is 6.10 Å². The van der Waals surface area contributed by atoms with Gasteiger partial charge in [-0.1, -0.05) is 0 Å². The molecule has 2 N–H and O–H groups in total. The van der Waals surface area contributed by atoms with E-state index in [1.54, 1.807) is 57.7 Å². The molecule has 2 aromatic rings.